The van der Waals surface area contributed by atoms with Crippen LogP contribution >= 0.6 is 22.7 Å². The summed E-state index contributed by atoms with van der Waals surface area (Å²) >= 11 is 2.72. The number of nitrogens with zero attached hydrogens (tertiary/aromatic N) is 1. The van der Waals surface area contributed by atoms with Crippen molar-refractivity contribution in [3.05, 3.63) is 81.4 Å². The highest BCUT2D eigenvalue weighted by Crippen LogP contribution is 2.27. The van der Waals surface area contributed by atoms with E-state index < -0.39 is 11.7 Å². The zero-order valence-corrected chi connectivity index (χ0v) is 17.0. The van der Waals surface area contributed by atoms with Gasteiger partial charge in [-0.2, -0.15) is 0 Å². The Balaban J connectivity index is 1.42. The zero-order chi connectivity index (χ0) is 20.4. The molecule has 0 radical (unpaired) electrons. The molecule has 0 aliphatic heterocycles. The standard InChI is InChI=1S/C21H16FN3O2S2/c1-12-9-17(25-20(26)13-5-4-6-14(22)10-13)29-19(12)21(27)23-11-18-24-15-7-2-3-8-16(15)28-18/h2-10H,11H2,1H3,(H,23,27)(H,25,26). The number of thiazole rings is 1. The number of carbonyl (C=O) groups excluding carboxylic acids is 2. The third kappa shape index (κ3) is 4.33. The van der Waals surface area contributed by atoms with Crippen LogP contribution in [0.5, 0.6) is 0 Å². The molecule has 0 atom stereocenters. The summed E-state index contributed by atoms with van der Waals surface area (Å²) in [5, 5.41) is 6.95. The van der Waals surface area contributed by atoms with E-state index in [1.54, 1.807) is 24.3 Å². The van der Waals surface area contributed by atoms with Crippen LogP contribution in [0.2, 0.25) is 0 Å². The molecule has 0 fully saturated rings. The van der Waals surface area contributed by atoms with E-state index in [2.05, 4.69) is 15.6 Å². The molecule has 2 aromatic carbocycles. The normalized spacial score (nSPS) is 10.8. The second-order valence-electron chi connectivity index (χ2n) is 6.35. The van der Waals surface area contributed by atoms with Gasteiger partial charge in [-0.1, -0.05) is 18.2 Å². The first kappa shape index (κ1) is 19.2. The van der Waals surface area contributed by atoms with Crippen LogP contribution < -0.4 is 10.6 Å². The molecule has 2 heterocycles. The SMILES string of the molecule is Cc1cc(NC(=O)c2cccc(F)c2)sc1C(=O)NCc1nc2ccccc2s1. The predicted octanol–water partition coefficient (Wildman–Crippen LogP) is 4.99. The molecule has 0 bridgehead atoms. The molecular weight excluding hydrogens is 409 g/mol. The van der Waals surface area contributed by atoms with Crippen molar-refractivity contribution in [3.63, 3.8) is 0 Å². The lowest BCUT2D eigenvalue weighted by atomic mass is 10.2. The number of nitrogens with one attached hydrogen (secondary N) is 2. The third-order valence-electron chi connectivity index (χ3n) is 4.19. The van der Waals surface area contributed by atoms with Crippen molar-refractivity contribution >= 4 is 49.7 Å². The lowest BCUT2D eigenvalue weighted by Crippen LogP contribution is -2.22. The molecule has 0 spiro atoms. The zero-order valence-electron chi connectivity index (χ0n) is 15.4. The van der Waals surface area contributed by atoms with Gasteiger partial charge >= 0.3 is 0 Å². The van der Waals surface area contributed by atoms with Crippen LogP contribution in [0.3, 0.4) is 0 Å². The number of carbonyl (C=O) groups is 2. The predicted molar refractivity (Wildman–Crippen MR) is 114 cm³/mol. The first-order valence-corrected chi connectivity index (χ1v) is 10.4. The van der Waals surface area contributed by atoms with Gasteiger partial charge in [0.1, 0.15) is 10.8 Å². The Bertz CT molecular complexity index is 1180. The lowest BCUT2D eigenvalue weighted by molar-refractivity contribution is 0.0953. The van der Waals surface area contributed by atoms with E-state index >= 15 is 0 Å². The quantitative estimate of drug-likeness (QED) is 0.473. The van der Waals surface area contributed by atoms with E-state index in [1.807, 2.05) is 24.3 Å². The molecule has 8 heteroatoms. The summed E-state index contributed by atoms with van der Waals surface area (Å²) in [5.41, 5.74) is 1.89. The maximum atomic E-state index is 13.3. The summed E-state index contributed by atoms with van der Waals surface area (Å²) in [5.74, 6) is -1.12. The van der Waals surface area contributed by atoms with E-state index in [-0.39, 0.29) is 11.5 Å². The summed E-state index contributed by atoms with van der Waals surface area (Å²) in [7, 11) is 0. The average molecular weight is 426 g/mol. The van der Waals surface area contributed by atoms with Gasteiger partial charge in [-0.05, 0) is 48.9 Å². The maximum Gasteiger partial charge on any atom is 0.262 e. The molecule has 4 rings (SSSR count). The van der Waals surface area contributed by atoms with Crippen molar-refractivity contribution in [2.75, 3.05) is 5.32 Å². The van der Waals surface area contributed by atoms with E-state index in [9.17, 15) is 14.0 Å². The van der Waals surface area contributed by atoms with Gasteiger partial charge in [-0.25, -0.2) is 9.37 Å². The number of fused-ring (bicyclic) bond motifs is 1. The van der Waals surface area contributed by atoms with Gasteiger partial charge in [-0.3, -0.25) is 9.59 Å². The van der Waals surface area contributed by atoms with E-state index in [1.165, 1.54) is 35.6 Å². The molecule has 0 saturated carbocycles. The van der Waals surface area contributed by atoms with Gasteiger partial charge in [0, 0.05) is 5.56 Å². The first-order valence-electron chi connectivity index (χ1n) is 8.79. The number of hydrogen-bond donors (Lipinski definition) is 2. The van der Waals surface area contributed by atoms with Crippen molar-refractivity contribution in [1.82, 2.24) is 10.3 Å². The van der Waals surface area contributed by atoms with Crippen LogP contribution in [0, 0.1) is 12.7 Å². The Labute approximate surface area is 174 Å². The van der Waals surface area contributed by atoms with E-state index in [4.69, 9.17) is 0 Å². The Morgan fingerprint density at radius 2 is 1.86 bits per heavy atom. The number of aryl methyl sites for hydroxylation is 1. The molecular formula is C21H16FN3O2S2. The molecule has 2 aromatic heterocycles. The topological polar surface area (TPSA) is 71.1 Å². The molecule has 2 amide bonds. The van der Waals surface area contributed by atoms with Crippen LogP contribution in [0.1, 0.15) is 30.6 Å². The molecule has 0 saturated heterocycles. The van der Waals surface area contributed by atoms with Crippen molar-refractivity contribution < 1.29 is 14.0 Å². The van der Waals surface area contributed by atoms with Crippen molar-refractivity contribution in [2.45, 2.75) is 13.5 Å². The Kier molecular flexibility index (Phi) is 5.37. The highest BCUT2D eigenvalue weighted by molar-refractivity contribution is 7.18. The fraction of sp³-hybridized carbons (Fsp3) is 0.0952. The summed E-state index contributed by atoms with van der Waals surface area (Å²) < 4.78 is 14.4. The number of anilines is 1. The molecule has 2 N–H and O–H groups in total. The number of aromatic nitrogens is 1. The van der Waals surface area contributed by atoms with Crippen LogP contribution in [0.15, 0.2) is 54.6 Å². The minimum Gasteiger partial charge on any atom is -0.345 e. The largest absolute Gasteiger partial charge is 0.345 e. The van der Waals surface area contributed by atoms with Crippen LogP contribution in [-0.2, 0) is 6.54 Å². The Hall–Kier alpha value is -3.10. The van der Waals surface area contributed by atoms with Gasteiger partial charge in [-0.15, -0.1) is 22.7 Å². The summed E-state index contributed by atoms with van der Waals surface area (Å²) in [6, 6.07) is 15.0. The van der Waals surface area contributed by atoms with Crippen molar-refractivity contribution in [2.24, 2.45) is 0 Å². The minimum atomic E-state index is -0.477. The molecule has 146 valence electrons. The average Bonchev–Trinajstić information content (AvgIpc) is 3.28. The van der Waals surface area contributed by atoms with Gasteiger partial charge < -0.3 is 10.6 Å². The highest BCUT2D eigenvalue weighted by atomic mass is 32.1. The van der Waals surface area contributed by atoms with Gasteiger partial charge in [0.05, 0.1) is 26.6 Å². The second-order valence-corrected chi connectivity index (χ2v) is 8.51. The second kappa shape index (κ2) is 8.10. The number of hydrogen-bond acceptors (Lipinski definition) is 5. The Morgan fingerprint density at radius 1 is 1.03 bits per heavy atom. The van der Waals surface area contributed by atoms with Gasteiger partial charge in [0.15, 0.2) is 0 Å². The fourth-order valence-electron chi connectivity index (χ4n) is 2.81. The van der Waals surface area contributed by atoms with Crippen LogP contribution in [-0.4, -0.2) is 16.8 Å². The summed E-state index contributed by atoms with van der Waals surface area (Å²) in [6.07, 6.45) is 0. The molecule has 0 aliphatic rings. The van der Waals surface area contributed by atoms with Crippen molar-refractivity contribution in [1.29, 1.82) is 0 Å². The molecule has 0 aliphatic carbocycles. The third-order valence-corrected chi connectivity index (χ3v) is 6.37. The van der Waals surface area contributed by atoms with Crippen LogP contribution in [0.25, 0.3) is 10.2 Å². The summed E-state index contributed by atoms with van der Waals surface area (Å²) in [6.45, 7) is 2.14. The maximum absolute atomic E-state index is 13.3. The molecule has 29 heavy (non-hydrogen) atoms. The van der Waals surface area contributed by atoms with E-state index in [0.717, 1.165) is 20.8 Å². The number of halogens is 1. The van der Waals surface area contributed by atoms with E-state index in [0.29, 0.717) is 16.4 Å². The van der Waals surface area contributed by atoms with Crippen molar-refractivity contribution in [3.8, 4) is 0 Å². The van der Waals surface area contributed by atoms with Gasteiger partial charge in [0.25, 0.3) is 11.8 Å². The van der Waals surface area contributed by atoms with Gasteiger partial charge in [0.2, 0.25) is 0 Å². The summed E-state index contributed by atoms with van der Waals surface area (Å²) in [4.78, 5) is 29.9. The first-order chi connectivity index (χ1) is 14.0. The monoisotopic (exact) mass is 425 g/mol. The number of benzene rings is 2. The highest BCUT2D eigenvalue weighted by Gasteiger charge is 2.16. The number of thiophene rings is 1. The van der Waals surface area contributed by atoms with Crippen LogP contribution in [0.4, 0.5) is 9.39 Å². The number of amides is 2. The number of para-hydroxylation sites is 1. The Morgan fingerprint density at radius 3 is 2.66 bits per heavy atom. The smallest absolute Gasteiger partial charge is 0.262 e. The minimum absolute atomic E-state index is 0.220. The molecule has 4 aromatic rings. The molecule has 0 unspecified atom stereocenters. The number of rotatable bonds is 5. The molecule has 5 nitrogen and oxygen atoms in total. The lowest BCUT2D eigenvalue weighted by Gasteiger charge is -2.03. The fourth-order valence-corrected chi connectivity index (χ4v) is 4.71.